The Bertz CT molecular complexity index is 1170. The first-order chi connectivity index (χ1) is 15.6. The highest BCUT2D eigenvalue weighted by atomic mass is 16.4. The van der Waals surface area contributed by atoms with Crippen LogP contribution in [0.5, 0.6) is 0 Å². The number of fused-ring (bicyclic) bond motifs is 1. The van der Waals surface area contributed by atoms with Crippen molar-refractivity contribution in [2.45, 2.75) is 38.0 Å². The maximum absolute atomic E-state index is 10.9. The van der Waals surface area contributed by atoms with Gasteiger partial charge in [0.25, 0.3) is 6.01 Å². The van der Waals surface area contributed by atoms with Crippen LogP contribution in [0.1, 0.15) is 43.6 Å². The summed E-state index contributed by atoms with van der Waals surface area (Å²) >= 11 is 0. The van der Waals surface area contributed by atoms with Crippen molar-refractivity contribution in [3.63, 3.8) is 0 Å². The number of rotatable bonds is 6. The fourth-order valence-corrected chi connectivity index (χ4v) is 4.56. The van der Waals surface area contributed by atoms with E-state index in [2.05, 4.69) is 39.6 Å². The van der Waals surface area contributed by atoms with Crippen LogP contribution < -0.4 is 5.32 Å². The molecule has 1 saturated carbocycles. The molecule has 0 atom stereocenters. The molecule has 1 fully saturated rings. The van der Waals surface area contributed by atoms with Crippen LogP contribution in [0, 0.1) is 5.92 Å². The number of aliphatic carboxylic acids is 1. The Morgan fingerprint density at radius 2 is 1.78 bits per heavy atom. The van der Waals surface area contributed by atoms with Crippen molar-refractivity contribution in [2.75, 3.05) is 5.32 Å². The van der Waals surface area contributed by atoms with E-state index in [1.165, 1.54) is 5.56 Å². The van der Waals surface area contributed by atoms with E-state index in [0.29, 0.717) is 24.3 Å². The monoisotopic (exact) mass is 427 g/mol. The number of aromatic nitrogens is 2. The average molecular weight is 428 g/mol. The highest BCUT2D eigenvalue weighted by molar-refractivity contribution is 5.75. The largest absolute Gasteiger partial charge is 0.481 e. The molecule has 2 aromatic carbocycles. The molecule has 1 aliphatic rings. The number of benzene rings is 2. The first-order valence-electron chi connectivity index (χ1n) is 11.0. The summed E-state index contributed by atoms with van der Waals surface area (Å²) in [6, 6.07) is 20.7. The standard InChI is InChI=1S/C26H25N3O3/c30-25(31)15-17-5-7-18(8-6-17)19-9-11-20(12-10-19)22-14-13-21(16-27-22)28-26-29-23-3-1-2-4-24(23)32-26/h1-4,9-14,16-18H,5-8,15H2,(H,28,29)(H,30,31). The molecule has 0 saturated heterocycles. The number of carboxylic acid groups (broad SMARTS) is 1. The third-order valence-electron chi connectivity index (χ3n) is 6.30. The first kappa shape index (κ1) is 20.2. The van der Waals surface area contributed by atoms with Crippen molar-refractivity contribution in [2.24, 2.45) is 5.92 Å². The number of nitrogens with one attached hydrogen (secondary N) is 1. The van der Waals surface area contributed by atoms with Crippen LogP contribution >= 0.6 is 0 Å². The van der Waals surface area contributed by atoms with Gasteiger partial charge in [0.1, 0.15) is 5.52 Å². The van der Waals surface area contributed by atoms with Gasteiger partial charge in [-0.1, -0.05) is 36.4 Å². The second-order valence-electron chi connectivity index (χ2n) is 8.48. The zero-order chi connectivity index (χ0) is 21.9. The number of anilines is 2. The molecule has 5 rings (SSSR count). The Balaban J connectivity index is 1.22. The topological polar surface area (TPSA) is 88.2 Å². The minimum Gasteiger partial charge on any atom is -0.481 e. The van der Waals surface area contributed by atoms with Crippen LogP contribution in [-0.2, 0) is 4.79 Å². The SMILES string of the molecule is O=C(O)CC1CCC(c2ccc(-c3ccc(Nc4nc5ccccc5o4)cn3)cc2)CC1. The molecule has 0 unspecified atom stereocenters. The van der Waals surface area contributed by atoms with Crippen molar-refractivity contribution in [1.29, 1.82) is 0 Å². The summed E-state index contributed by atoms with van der Waals surface area (Å²) in [5.74, 6) is 0.166. The van der Waals surface area contributed by atoms with Crippen molar-refractivity contribution in [1.82, 2.24) is 9.97 Å². The van der Waals surface area contributed by atoms with E-state index < -0.39 is 5.97 Å². The predicted molar refractivity (Wildman–Crippen MR) is 124 cm³/mol. The van der Waals surface area contributed by atoms with E-state index in [1.807, 2.05) is 36.4 Å². The number of carbonyl (C=O) groups is 1. The van der Waals surface area contributed by atoms with Crippen LogP contribution in [0.3, 0.4) is 0 Å². The lowest BCUT2D eigenvalue weighted by Crippen LogP contribution is -2.16. The van der Waals surface area contributed by atoms with Crippen molar-refractivity contribution in [3.05, 3.63) is 72.4 Å². The summed E-state index contributed by atoms with van der Waals surface area (Å²) < 4.78 is 5.70. The number of oxazole rings is 1. The van der Waals surface area contributed by atoms with Gasteiger partial charge in [0.15, 0.2) is 5.58 Å². The molecule has 0 amide bonds. The van der Waals surface area contributed by atoms with E-state index in [0.717, 1.165) is 53.7 Å². The molecule has 4 aromatic rings. The first-order valence-corrected chi connectivity index (χ1v) is 11.0. The van der Waals surface area contributed by atoms with Gasteiger partial charge >= 0.3 is 5.97 Å². The molecule has 1 aliphatic carbocycles. The molecule has 2 aromatic heterocycles. The number of carboxylic acids is 1. The Labute approximate surface area is 186 Å². The molecular formula is C26H25N3O3. The number of hydrogen-bond acceptors (Lipinski definition) is 5. The average Bonchev–Trinajstić information content (AvgIpc) is 3.22. The molecule has 162 valence electrons. The quantitative estimate of drug-likeness (QED) is 0.371. The molecule has 6 nitrogen and oxygen atoms in total. The molecule has 32 heavy (non-hydrogen) atoms. The van der Waals surface area contributed by atoms with Crippen molar-refractivity contribution < 1.29 is 14.3 Å². The van der Waals surface area contributed by atoms with Gasteiger partial charge in [0.05, 0.1) is 17.6 Å². The minimum absolute atomic E-state index is 0.300. The van der Waals surface area contributed by atoms with E-state index in [4.69, 9.17) is 9.52 Å². The van der Waals surface area contributed by atoms with E-state index >= 15 is 0 Å². The fourth-order valence-electron chi connectivity index (χ4n) is 4.56. The molecule has 0 spiro atoms. The summed E-state index contributed by atoms with van der Waals surface area (Å²) in [4.78, 5) is 19.9. The van der Waals surface area contributed by atoms with Gasteiger partial charge in [-0.25, -0.2) is 0 Å². The summed E-state index contributed by atoms with van der Waals surface area (Å²) in [6.45, 7) is 0. The summed E-state index contributed by atoms with van der Waals surface area (Å²) in [7, 11) is 0. The zero-order valence-electron chi connectivity index (χ0n) is 17.7. The third kappa shape index (κ3) is 4.49. The number of pyridine rings is 1. The van der Waals surface area contributed by atoms with Crippen LogP contribution in [0.4, 0.5) is 11.7 Å². The molecule has 6 heteroatoms. The van der Waals surface area contributed by atoms with Crippen LogP contribution in [0.25, 0.3) is 22.4 Å². The second kappa shape index (κ2) is 8.83. The molecule has 0 radical (unpaired) electrons. The minimum atomic E-state index is -0.680. The summed E-state index contributed by atoms with van der Waals surface area (Å²) in [6.07, 6.45) is 6.19. The molecule has 0 bridgehead atoms. The van der Waals surface area contributed by atoms with Gasteiger partial charge in [0.2, 0.25) is 0 Å². The number of nitrogens with zero attached hydrogens (tertiary/aromatic N) is 2. The highest BCUT2D eigenvalue weighted by Gasteiger charge is 2.24. The van der Waals surface area contributed by atoms with Gasteiger partial charge in [-0.15, -0.1) is 0 Å². The Hall–Kier alpha value is -3.67. The normalized spacial score (nSPS) is 18.5. The third-order valence-corrected chi connectivity index (χ3v) is 6.30. The Morgan fingerprint density at radius 1 is 1.00 bits per heavy atom. The van der Waals surface area contributed by atoms with Crippen LogP contribution in [-0.4, -0.2) is 21.0 Å². The van der Waals surface area contributed by atoms with Crippen molar-refractivity contribution in [3.8, 4) is 11.3 Å². The van der Waals surface area contributed by atoms with Crippen LogP contribution in [0.15, 0.2) is 71.3 Å². The van der Waals surface area contributed by atoms with Gasteiger partial charge in [0, 0.05) is 12.0 Å². The van der Waals surface area contributed by atoms with Crippen molar-refractivity contribution >= 4 is 28.8 Å². The molecule has 0 aliphatic heterocycles. The van der Waals surface area contributed by atoms with E-state index in [-0.39, 0.29) is 0 Å². The van der Waals surface area contributed by atoms with Gasteiger partial charge in [-0.3, -0.25) is 9.78 Å². The summed E-state index contributed by atoms with van der Waals surface area (Å²) in [5, 5.41) is 12.2. The van der Waals surface area contributed by atoms with Gasteiger partial charge in [-0.2, -0.15) is 4.98 Å². The number of hydrogen-bond donors (Lipinski definition) is 2. The smallest absolute Gasteiger partial charge is 0.303 e. The Morgan fingerprint density at radius 3 is 2.47 bits per heavy atom. The highest BCUT2D eigenvalue weighted by Crippen LogP contribution is 2.37. The maximum atomic E-state index is 10.9. The molecule has 2 N–H and O–H groups in total. The van der Waals surface area contributed by atoms with Crippen LogP contribution in [0.2, 0.25) is 0 Å². The molecular weight excluding hydrogens is 402 g/mol. The maximum Gasteiger partial charge on any atom is 0.303 e. The van der Waals surface area contributed by atoms with E-state index in [1.54, 1.807) is 6.20 Å². The van der Waals surface area contributed by atoms with Gasteiger partial charge < -0.3 is 14.8 Å². The second-order valence-corrected chi connectivity index (χ2v) is 8.48. The lowest BCUT2D eigenvalue weighted by Gasteiger charge is -2.28. The lowest BCUT2D eigenvalue weighted by atomic mass is 9.77. The molecule has 2 heterocycles. The van der Waals surface area contributed by atoms with E-state index in [9.17, 15) is 4.79 Å². The fraction of sp³-hybridized carbons (Fsp3) is 0.269. The Kier molecular flexibility index (Phi) is 5.58. The zero-order valence-corrected chi connectivity index (χ0v) is 17.7. The lowest BCUT2D eigenvalue weighted by molar-refractivity contribution is -0.138. The van der Waals surface area contributed by atoms with Gasteiger partial charge in [-0.05, 0) is 67.3 Å². The number of para-hydroxylation sites is 2. The predicted octanol–water partition coefficient (Wildman–Crippen LogP) is 6.38. The summed E-state index contributed by atoms with van der Waals surface area (Å²) in [5.41, 5.74) is 5.68.